The van der Waals surface area contributed by atoms with Gasteiger partial charge in [0.2, 0.25) is 0 Å². The van der Waals surface area contributed by atoms with Crippen molar-refractivity contribution in [2.75, 3.05) is 0 Å². The number of fused-ring (bicyclic) bond motifs is 1. The maximum Gasteiger partial charge on any atom is 0.253 e. The molecule has 4 nitrogen and oxygen atoms in total. The molecule has 3 rings (SSSR count). The summed E-state index contributed by atoms with van der Waals surface area (Å²) in [5.41, 5.74) is 7.08. The van der Waals surface area contributed by atoms with Gasteiger partial charge in [-0.25, -0.2) is 0 Å². The summed E-state index contributed by atoms with van der Waals surface area (Å²) in [6.45, 7) is 0. The van der Waals surface area contributed by atoms with Crippen molar-refractivity contribution in [2.24, 2.45) is 11.7 Å². The molecule has 1 aliphatic carbocycles. The summed E-state index contributed by atoms with van der Waals surface area (Å²) in [6, 6.07) is 9.48. The molecule has 3 N–H and O–H groups in total. The molecule has 1 saturated carbocycles. The predicted molar refractivity (Wildman–Crippen MR) is 87.1 cm³/mol. The van der Waals surface area contributed by atoms with Gasteiger partial charge in [0.1, 0.15) is 0 Å². The number of carbonyl (C=O) groups is 1. The van der Waals surface area contributed by atoms with Gasteiger partial charge in [0, 0.05) is 23.5 Å². The number of para-hydroxylation sites is 1. The molecule has 1 aliphatic rings. The van der Waals surface area contributed by atoms with Crippen LogP contribution in [0.1, 0.15) is 29.6 Å². The van der Waals surface area contributed by atoms with Crippen molar-refractivity contribution < 1.29 is 4.79 Å². The van der Waals surface area contributed by atoms with E-state index in [1.807, 2.05) is 24.3 Å². The second-order valence-electron chi connectivity index (χ2n) is 5.40. The molecule has 21 heavy (non-hydrogen) atoms. The van der Waals surface area contributed by atoms with E-state index >= 15 is 0 Å². The summed E-state index contributed by atoms with van der Waals surface area (Å²) < 4.78 is 0. The molecule has 5 heteroatoms. The number of nitrogens with two attached hydrogens (primary N) is 1. The van der Waals surface area contributed by atoms with Gasteiger partial charge in [0.15, 0.2) is 0 Å². The number of carbonyl (C=O) groups excluding carboxylic acids is 1. The van der Waals surface area contributed by atoms with E-state index in [1.54, 1.807) is 12.3 Å². The lowest BCUT2D eigenvalue weighted by Crippen LogP contribution is -2.41. The first-order valence-electron chi connectivity index (χ1n) is 7.11. The maximum absolute atomic E-state index is 12.5. The largest absolute Gasteiger partial charge is 0.393 e. The Hall–Kier alpha value is -2.01. The monoisotopic (exact) mass is 299 g/mol. The Morgan fingerprint density at radius 3 is 2.90 bits per heavy atom. The number of hydrogen-bond donors (Lipinski definition) is 2. The average molecular weight is 299 g/mol. The van der Waals surface area contributed by atoms with E-state index in [-0.39, 0.29) is 17.9 Å². The maximum atomic E-state index is 12.5. The van der Waals surface area contributed by atoms with Crippen molar-refractivity contribution >= 4 is 34.0 Å². The van der Waals surface area contributed by atoms with E-state index in [0.29, 0.717) is 10.6 Å². The standard InChI is InChI=1S/C16H17N3OS/c17-15(21)11-6-2-8-13(11)19-16(20)12-7-1-4-10-5-3-9-18-14(10)12/h1,3-5,7,9,11,13H,2,6,8H2,(H2,17,21)(H,19,20). The summed E-state index contributed by atoms with van der Waals surface area (Å²) in [5, 5.41) is 4.03. The molecular formula is C16H17N3OS. The minimum Gasteiger partial charge on any atom is -0.393 e. The lowest BCUT2D eigenvalue weighted by atomic mass is 10.0. The third-order valence-electron chi connectivity index (χ3n) is 4.08. The van der Waals surface area contributed by atoms with Gasteiger partial charge in [0.05, 0.1) is 16.1 Å². The van der Waals surface area contributed by atoms with Crippen molar-refractivity contribution in [1.29, 1.82) is 0 Å². The van der Waals surface area contributed by atoms with Gasteiger partial charge < -0.3 is 11.1 Å². The number of benzene rings is 1. The van der Waals surface area contributed by atoms with Crippen LogP contribution in [0.5, 0.6) is 0 Å². The minimum atomic E-state index is -0.104. The second kappa shape index (κ2) is 5.77. The molecule has 1 aromatic carbocycles. The van der Waals surface area contributed by atoms with Gasteiger partial charge in [-0.1, -0.05) is 36.8 Å². The third-order valence-corrected chi connectivity index (χ3v) is 4.38. The van der Waals surface area contributed by atoms with Crippen molar-refractivity contribution in [2.45, 2.75) is 25.3 Å². The fraction of sp³-hybridized carbons (Fsp3) is 0.312. The molecule has 1 heterocycles. The van der Waals surface area contributed by atoms with Crippen molar-refractivity contribution in [3.05, 3.63) is 42.1 Å². The van der Waals surface area contributed by atoms with Gasteiger partial charge in [-0.15, -0.1) is 0 Å². The molecule has 0 bridgehead atoms. The highest BCUT2D eigenvalue weighted by Gasteiger charge is 2.31. The molecule has 1 amide bonds. The highest BCUT2D eigenvalue weighted by molar-refractivity contribution is 7.80. The Bertz CT molecular complexity index is 695. The zero-order chi connectivity index (χ0) is 14.8. The quantitative estimate of drug-likeness (QED) is 0.854. The van der Waals surface area contributed by atoms with Crippen molar-refractivity contribution in [1.82, 2.24) is 10.3 Å². The molecule has 0 aliphatic heterocycles. The van der Waals surface area contributed by atoms with E-state index in [2.05, 4.69) is 10.3 Å². The zero-order valence-corrected chi connectivity index (χ0v) is 12.4. The molecule has 108 valence electrons. The van der Waals surface area contributed by atoms with Crippen LogP contribution in [-0.4, -0.2) is 21.9 Å². The first-order valence-corrected chi connectivity index (χ1v) is 7.51. The second-order valence-corrected chi connectivity index (χ2v) is 5.87. The Morgan fingerprint density at radius 1 is 1.29 bits per heavy atom. The highest BCUT2D eigenvalue weighted by Crippen LogP contribution is 2.26. The summed E-state index contributed by atoms with van der Waals surface area (Å²) in [4.78, 5) is 17.4. The van der Waals surface area contributed by atoms with Crippen LogP contribution >= 0.6 is 12.2 Å². The van der Waals surface area contributed by atoms with Crippen LogP contribution in [0.2, 0.25) is 0 Å². The summed E-state index contributed by atoms with van der Waals surface area (Å²) in [6.07, 6.45) is 4.62. The van der Waals surface area contributed by atoms with Crippen molar-refractivity contribution in [3.8, 4) is 0 Å². The fourth-order valence-electron chi connectivity index (χ4n) is 3.01. The molecule has 2 aromatic rings. The van der Waals surface area contributed by atoms with Gasteiger partial charge in [-0.3, -0.25) is 9.78 Å². The first-order chi connectivity index (χ1) is 10.2. The summed E-state index contributed by atoms with van der Waals surface area (Å²) in [5.74, 6) is -0.000615. The van der Waals surface area contributed by atoms with Crippen LogP contribution < -0.4 is 11.1 Å². The molecule has 2 unspecified atom stereocenters. The molecular weight excluding hydrogens is 282 g/mol. The van der Waals surface area contributed by atoms with E-state index in [4.69, 9.17) is 18.0 Å². The zero-order valence-electron chi connectivity index (χ0n) is 11.6. The number of thiocarbonyl (C=S) groups is 1. The Morgan fingerprint density at radius 2 is 2.10 bits per heavy atom. The topological polar surface area (TPSA) is 68.0 Å². The van der Waals surface area contributed by atoms with Gasteiger partial charge in [-0.05, 0) is 25.0 Å². The van der Waals surface area contributed by atoms with Crippen LogP contribution in [0.25, 0.3) is 10.9 Å². The Balaban J connectivity index is 1.86. The third kappa shape index (κ3) is 2.74. The number of nitrogens with one attached hydrogen (secondary N) is 1. The molecule has 0 spiro atoms. The van der Waals surface area contributed by atoms with Crippen LogP contribution in [0.15, 0.2) is 36.5 Å². The van der Waals surface area contributed by atoms with E-state index in [1.165, 1.54) is 0 Å². The summed E-state index contributed by atoms with van der Waals surface area (Å²) in [7, 11) is 0. The molecule has 1 aromatic heterocycles. The van der Waals surface area contributed by atoms with Crippen LogP contribution in [0.4, 0.5) is 0 Å². The Labute approximate surface area is 128 Å². The van der Waals surface area contributed by atoms with Crippen LogP contribution in [0.3, 0.4) is 0 Å². The lowest BCUT2D eigenvalue weighted by molar-refractivity contribution is 0.0935. The lowest BCUT2D eigenvalue weighted by Gasteiger charge is -2.20. The smallest absolute Gasteiger partial charge is 0.253 e. The summed E-state index contributed by atoms with van der Waals surface area (Å²) >= 11 is 5.09. The van der Waals surface area contributed by atoms with Crippen LogP contribution in [-0.2, 0) is 0 Å². The molecule has 2 atom stereocenters. The van der Waals surface area contributed by atoms with E-state index < -0.39 is 0 Å². The number of aromatic nitrogens is 1. The van der Waals surface area contributed by atoms with E-state index in [9.17, 15) is 4.79 Å². The SMILES string of the molecule is NC(=S)C1CCCC1NC(=O)c1cccc2cccnc12. The average Bonchev–Trinajstić information content (AvgIpc) is 2.95. The van der Waals surface area contributed by atoms with Gasteiger partial charge in [-0.2, -0.15) is 0 Å². The number of nitrogens with zero attached hydrogens (tertiary/aromatic N) is 1. The first kappa shape index (κ1) is 13.9. The van der Waals surface area contributed by atoms with Crippen molar-refractivity contribution in [3.63, 3.8) is 0 Å². The van der Waals surface area contributed by atoms with Crippen LogP contribution in [0, 0.1) is 5.92 Å². The normalized spacial score (nSPS) is 21.3. The van der Waals surface area contributed by atoms with E-state index in [0.717, 1.165) is 30.2 Å². The predicted octanol–water partition coefficient (Wildman–Crippen LogP) is 2.42. The fourth-order valence-corrected chi connectivity index (χ4v) is 3.29. The van der Waals surface area contributed by atoms with Gasteiger partial charge >= 0.3 is 0 Å². The highest BCUT2D eigenvalue weighted by atomic mass is 32.1. The molecule has 0 radical (unpaired) electrons. The molecule has 0 saturated heterocycles. The number of rotatable bonds is 3. The van der Waals surface area contributed by atoms with Gasteiger partial charge in [0.25, 0.3) is 5.91 Å². The Kier molecular flexibility index (Phi) is 3.84. The number of hydrogen-bond acceptors (Lipinski definition) is 3. The number of amides is 1. The minimum absolute atomic E-state index is 0.0361. The molecule has 1 fully saturated rings. The number of pyridine rings is 1.